The predicted octanol–water partition coefficient (Wildman–Crippen LogP) is 4.01. The summed E-state index contributed by atoms with van der Waals surface area (Å²) in [6.45, 7) is 4.00. The van der Waals surface area contributed by atoms with Gasteiger partial charge in [-0.1, -0.05) is 32.4 Å². The van der Waals surface area contributed by atoms with Gasteiger partial charge in [-0.3, -0.25) is 4.79 Å². The van der Waals surface area contributed by atoms with Crippen LogP contribution in [0.25, 0.3) is 0 Å². The van der Waals surface area contributed by atoms with Gasteiger partial charge in [-0.25, -0.2) is 0 Å². The Bertz CT molecular complexity index is 391. The molecule has 0 spiro atoms. The average Bonchev–Trinajstić information content (AvgIpc) is 2.40. The van der Waals surface area contributed by atoms with Crippen LogP contribution in [-0.2, 0) is 10.2 Å². The number of benzene rings is 1. The standard InChI is InChI=1S/C14H18O3.C2H6/c1-17-12-5-3-11(4-6-12)14(8-2-9-14)10-7-13(15)16;1-2/h3-6H,2,7-10H2,1H3,(H,15,16);1-2H3. The zero-order valence-electron chi connectivity index (χ0n) is 12.1. The van der Waals surface area contributed by atoms with Gasteiger partial charge in [0.05, 0.1) is 7.11 Å². The second-order valence-corrected chi connectivity index (χ2v) is 4.76. The summed E-state index contributed by atoms with van der Waals surface area (Å²) < 4.78 is 5.14. The number of carbonyl (C=O) groups is 1. The molecule has 1 aliphatic carbocycles. The van der Waals surface area contributed by atoms with Gasteiger partial charge in [0.15, 0.2) is 0 Å². The van der Waals surface area contributed by atoms with Crippen molar-refractivity contribution >= 4 is 5.97 Å². The number of carboxylic acid groups (broad SMARTS) is 1. The number of methoxy groups -OCH3 is 1. The first-order chi connectivity index (χ1) is 9.16. The molecule has 1 aromatic carbocycles. The lowest BCUT2D eigenvalue weighted by molar-refractivity contribution is -0.137. The molecule has 0 unspecified atom stereocenters. The van der Waals surface area contributed by atoms with Gasteiger partial charge in [0, 0.05) is 6.42 Å². The van der Waals surface area contributed by atoms with E-state index in [2.05, 4.69) is 12.1 Å². The number of carboxylic acids is 1. The Hall–Kier alpha value is -1.51. The minimum atomic E-state index is -0.704. The minimum absolute atomic E-state index is 0.102. The van der Waals surface area contributed by atoms with E-state index in [0.717, 1.165) is 25.0 Å². The zero-order chi connectivity index (χ0) is 14.3. The maximum absolute atomic E-state index is 10.7. The summed E-state index contributed by atoms with van der Waals surface area (Å²) in [5, 5.41) is 8.81. The Morgan fingerprint density at radius 3 is 2.21 bits per heavy atom. The van der Waals surface area contributed by atoms with Crippen LogP contribution in [0, 0.1) is 0 Å². The van der Waals surface area contributed by atoms with Crippen molar-refractivity contribution < 1.29 is 14.6 Å². The molecule has 0 aliphatic heterocycles. The van der Waals surface area contributed by atoms with Gasteiger partial charge in [-0.15, -0.1) is 0 Å². The van der Waals surface area contributed by atoms with Gasteiger partial charge in [0.1, 0.15) is 5.75 Å². The molecule has 0 amide bonds. The molecule has 1 aliphatic rings. The lowest BCUT2D eigenvalue weighted by atomic mass is 9.62. The van der Waals surface area contributed by atoms with E-state index in [4.69, 9.17) is 9.84 Å². The fraction of sp³-hybridized carbons (Fsp3) is 0.562. The summed E-state index contributed by atoms with van der Waals surface area (Å²) in [6.07, 6.45) is 4.41. The first-order valence-electron chi connectivity index (χ1n) is 7.03. The van der Waals surface area contributed by atoms with E-state index < -0.39 is 5.97 Å². The van der Waals surface area contributed by atoms with Gasteiger partial charge in [-0.2, -0.15) is 0 Å². The summed E-state index contributed by atoms with van der Waals surface area (Å²) >= 11 is 0. The molecule has 1 fully saturated rings. The van der Waals surface area contributed by atoms with Crippen molar-refractivity contribution in [3.05, 3.63) is 29.8 Å². The molecule has 0 saturated heterocycles. The van der Waals surface area contributed by atoms with Crippen molar-refractivity contribution in [2.45, 2.75) is 51.4 Å². The highest BCUT2D eigenvalue weighted by Crippen LogP contribution is 2.47. The molecule has 106 valence electrons. The Labute approximate surface area is 115 Å². The molecule has 3 nitrogen and oxygen atoms in total. The van der Waals surface area contributed by atoms with E-state index >= 15 is 0 Å². The highest BCUT2D eigenvalue weighted by Gasteiger charge is 2.38. The normalized spacial score (nSPS) is 15.7. The van der Waals surface area contributed by atoms with Crippen LogP contribution in [0.3, 0.4) is 0 Å². The Morgan fingerprint density at radius 1 is 1.26 bits per heavy atom. The molecule has 0 radical (unpaired) electrons. The first kappa shape index (κ1) is 15.5. The summed E-state index contributed by atoms with van der Waals surface area (Å²) in [5.41, 5.74) is 1.36. The van der Waals surface area contributed by atoms with Crippen molar-refractivity contribution in [1.29, 1.82) is 0 Å². The fourth-order valence-corrected chi connectivity index (χ4v) is 2.58. The van der Waals surface area contributed by atoms with Crippen molar-refractivity contribution in [3.8, 4) is 5.75 Å². The summed E-state index contributed by atoms with van der Waals surface area (Å²) in [7, 11) is 1.65. The predicted molar refractivity (Wildman–Crippen MR) is 76.7 cm³/mol. The van der Waals surface area contributed by atoms with E-state index in [9.17, 15) is 4.79 Å². The van der Waals surface area contributed by atoms with Crippen molar-refractivity contribution in [3.63, 3.8) is 0 Å². The van der Waals surface area contributed by atoms with E-state index in [-0.39, 0.29) is 11.8 Å². The third-order valence-electron chi connectivity index (χ3n) is 3.83. The molecule has 1 N–H and O–H groups in total. The molecule has 0 heterocycles. The zero-order valence-corrected chi connectivity index (χ0v) is 12.1. The van der Waals surface area contributed by atoms with E-state index in [1.54, 1.807) is 7.11 Å². The number of aliphatic carboxylic acids is 1. The van der Waals surface area contributed by atoms with Crippen molar-refractivity contribution in [2.24, 2.45) is 0 Å². The molecule has 1 saturated carbocycles. The monoisotopic (exact) mass is 264 g/mol. The smallest absolute Gasteiger partial charge is 0.303 e. The second-order valence-electron chi connectivity index (χ2n) is 4.76. The number of hydrogen-bond acceptors (Lipinski definition) is 2. The Kier molecular flexibility index (Phi) is 5.87. The molecular weight excluding hydrogens is 240 g/mol. The lowest BCUT2D eigenvalue weighted by Gasteiger charge is -2.42. The molecular formula is C16H24O3. The van der Waals surface area contributed by atoms with Crippen LogP contribution in [0.2, 0.25) is 0 Å². The van der Waals surface area contributed by atoms with Crippen LogP contribution >= 0.6 is 0 Å². The Balaban J connectivity index is 0.000000861. The molecule has 3 heteroatoms. The van der Waals surface area contributed by atoms with Crippen LogP contribution in [0.1, 0.15) is 51.5 Å². The lowest BCUT2D eigenvalue weighted by Crippen LogP contribution is -2.34. The number of hydrogen-bond donors (Lipinski definition) is 1. The van der Waals surface area contributed by atoms with Crippen LogP contribution in [-0.4, -0.2) is 18.2 Å². The van der Waals surface area contributed by atoms with Crippen molar-refractivity contribution in [1.82, 2.24) is 0 Å². The largest absolute Gasteiger partial charge is 0.497 e. The average molecular weight is 264 g/mol. The number of ether oxygens (including phenoxy) is 1. The summed E-state index contributed by atoms with van der Waals surface area (Å²) in [5.74, 6) is 0.145. The third-order valence-corrected chi connectivity index (χ3v) is 3.83. The third kappa shape index (κ3) is 3.72. The topological polar surface area (TPSA) is 46.5 Å². The molecule has 19 heavy (non-hydrogen) atoms. The van der Waals surface area contributed by atoms with Crippen LogP contribution in [0.15, 0.2) is 24.3 Å². The maximum Gasteiger partial charge on any atom is 0.303 e. The maximum atomic E-state index is 10.7. The number of rotatable bonds is 5. The van der Waals surface area contributed by atoms with E-state index in [1.807, 2.05) is 26.0 Å². The first-order valence-corrected chi connectivity index (χ1v) is 7.03. The Morgan fingerprint density at radius 2 is 1.84 bits per heavy atom. The van der Waals surface area contributed by atoms with Gasteiger partial charge in [-0.05, 0) is 42.4 Å². The van der Waals surface area contributed by atoms with Gasteiger partial charge < -0.3 is 9.84 Å². The highest BCUT2D eigenvalue weighted by atomic mass is 16.5. The van der Waals surface area contributed by atoms with E-state index in [0.29, 0.717) is 0 Å². The van der Waals surface area contributed by atoms with Crippen LogP contribution < -0.4 is 4.74 Å². The van der Waals surface area contributed by atoms with Gasteiger partial charge >= 0.3 is 5.97 Å². The summed E-state index contributed by atoms with van der Waals surface area (Å²) in [6, 6.07) is 8.05. The second kappa shape index (κ2) is 7.17. The highest BCUT2D eigenvalue weighted by molar-refractivity contribution is 5.67. The van der Waals surface area contributed by atoms with Gasteiger partial charge in [0.25, 0.3) is 0 Å². The van der Waals surface area contributed by atoms with Crippen LogP contribution in [0.5, 0.6) is 5.75 Å². The molecule has 0 atom stereocenters. The van der Waals surface area contributed by atoms with Gasteiger partial charge in [0.2, 0.25) is 0 Å². The minimum Gasteiger partial charge on any atom is -0.497 e. The quantitative estimate of drug-likeness (QED) is 0.874. The van der Waals surface area contributed by atoms with Crippen molar-refractivity contribution in [2.75, 3.05) is 7.11 Å². The molecule has 0 bridgehead atoms. The molecule has 2 rings (SSSR count). The summed E-state index contributed by atoms with van der Waals surface area (Å²) in [4.78, 5) is 10.7. The fourth-order valence-electron chi connectivity index (χ4n) is 2.58. The van der Waals surface area contributed by atoms with Crippen LogP contribution in [0.4, 0.5) is 0 Å². The van der Waals surface area contributed by atoms with E-state index in [1.165, 1.54) is 12.0 Å². The molecule has 1 aromatic rings. The SMILES string of the molecule is CC.COc1ccc(C2(CCC(=O)O)CCC2)cc1. The molecule has 0 aromatic heterocycles.